The van der Waals surface area contributed by atoms with Gasteiger partial charge in [0.05, 0.1) is 0 Å². The Bertz CT molecular complexity index is 723. The van der Waals surface area contributed by atoms with Gasteiger partial charge in [0.1, 0.15) is 5.75 Å². The molecule has 3 nitrogen and oxygen atoms in total. The minimum absolute atomic E-state index is 0.0559. The Morgan fingerprint density at radius 2 is 1.87 bits per heavy atom. The normalized spacial score (nSPS) is 15.0. The van der Waals surface area contributed by atoms with E-state index in [9.17, 15) is 4.79 Å². The smallest absolute Gasteiger partial charge is 0.263 e. The number of nitrogens with zero attached hydrogens (tertiary/aromatic N) is 1. The summed E-state index contributed by atoms with van der Waals surface area (Å²) < 4.78 is 5.94. The van der Waals surface area contributed by atoms with Gasteiger partial charge in [0.2, 0.25) is 0 Å². The second kappa shape index (κ2) is 6.45. The highest BCUT2D eigenvalue weighted by molar-refractivity contribution is 5.81. The largest absolute Gasteiger partial charge is 0.481 e. The van der Waals surface area contributed by atoms with Crippen molar-refractivity contribution in [3.05, 3.63) is 64.7 Å². The van der Waals surface area contributed by atoms with Crippen molar-refractivity contribution in [2.24, 2.45) is 0 Å². The number of ether oxygens (including phenoxy) is 1. The average Bonchev–Trinajstić information content (AvgIpc) is 2.57. The molecule has 0 spiro atoms. The number of hydrogen-bond acceptors (Lipinski definition) is 2. The van der Waals surface area contributed by atoms with Crippen LogP contribution in [0.3, 0.4) is 0 Å². The highest BCUT2D eigenvalue weighted by Gasteiger charge is 2.25. The zero-order valence-corrected chi connectivity index (χ0v) is 14.0. The van der Waals surface area contributed by atoms with Crippen molar-refractivity contribution in [3.8, 4) is 5.75 Å². The molecule has 2 aromatic carbocycles. The van der Waals surface area contributed by atoms with Crippen molar-refractivity contribution in [1.82, 2.24) is 4.90 Å². The highest BCUT2D eigenvalue weighted by atomic mass is 16.5. The molecule has 3 rings (SSSR count). The van der Waals surface area contributed by atoms with Gasteiger partial charge in [-0.3, -0.25) is 4.79 Å². The van der Waals surface area contributed by atoms with E-state index in [0.717, 1.165) is 29.8 Å². The fourth-order valence-corrected chi connectivity index (χ4v) is 3.02. The lowest BCUT2D eigenvalue weighted by molar-refractivity contribution is -0.138. The van der Waals surface area contributed by atoms with E-state index in [2.05, 4.69) is 24.3 Å². The molecule has 0 aromatic heterocycles. The van der Waals surface area contributed by atoms with Crippen LogP contribution in [0.4, 0.5) is 0 Å². The maximum atomic E-state index is 12.7. The van der Waals surface area contributed by atoms with Crippen LogP contribution in [-0.2, 0) is 17.8 Å². The first-order chi connectivity index (χ1) is 11.0. The molecule has 1 aliphatic rings. The molecule has 1 atom stereocenters. The Morgan fingerprint density at radius 3 is 2.65 bits per heavy atom. The third kappa shape index (κ3) is 3.39. The topological polar surface area (TPSA) is 29.5 Å². The van der Waals surface area contributed by atoms with E-state index in [-0.39, 0.29) is 5.91 Å². The van der Waals surface area contributed by atoms with Crippen LogP contribution in [0.5, 0.6) is 5.75 Å². The van der Waals surface area contributed by atoms with E-state index in [1.807, 2.05) is 43.9 Å². The van der Waals surface area contributed by atoms with Crippen LogP contribution in [0.25, 0.3) is 0 Å². The number of amides is 1. The molecule has 0 bridgehead atoms. The van der Waals surface area contributed by atoms with E-state index in [0.29, 0.717) is 6.54 Å². The number of aryl methyl sites for hydroxylation is 2. The molecular weight excluding hydrogens is 286 g/mol. The number of benzene rings is 2. The predicted molar refractivity (Wildman–Crippen MR) is 91.6 cm³/mol. The first kappa shape index (κ1) is 15.6. The maximum Gasteiger partial charge on any atom is 0.263 e. The molecule has 3 heteroatoms. The summed E-state index contributed by atoms with van der Waals surface area (Å²) >= 11 is 0. The van der Waals surface area contributed by atoms with Crippen LogP contribution >= 0.6 is 0 Å². The third-order valence-electron chi connectivity index (χ3n) is 4.44. The number of carbonyl (C=O) groups is 1. The summed E-state index contributed by atoms with van der Waals surface area (Å²) in [6, 6.07) is 14.4. The van der Waals surface area contributed by atoms with Gasteiger partial charge < -0.3 is 9.64 Å². The molecule has 0 unspecified atom stereocenters. The average molecular weight is 309 g/mol. The lowest BCUT2D eigenvalue weighted by Gasteiger charge is -2.31. The number of hydrogen-bond donors (Lipinski definition) is 0. The summed E-state index contributed by atoms with van der Waals surface area (Å²) in [5.41, 5.74) is 4.78. The highest BCUT2D eigenvalue weighted by Crippen LogP contribution is 2.23. The molecule has 2 aromatic rings. The molecule has 0 radical (unpaired) electrons. The second-order valence-corrected chi connectivity index (χ2v) is 6.31. The van der Waals surface area contributed by atoms with Crippen molar-refractivity contribution in [1.29, 1.82) is 0 Å². The van der Waals surface area contributed by atoms with Gasteiger partial charge in [-0.25, -0.2) is 0 Å². The van der Waals surface area contributed by atoms with Gasteiger partial charge in [0.15, 0.2) is 6.10 Å². The molecule has 0 saturated carbocycles. The Balaban J connectivity index is 1.70. The number of rotatable bonds is 3. The minimum Gasteiger partial charge on any atom is -0.481 e. The summed E-state index contributed by atoms with van der Waals surface area (Å²) in [6.07, 6.45) is 0.443. The fourth-order valence-electron chi connectivity index (χ4n) is 3.02. The van der Waals surface area contributed by atoms with Crippen LogP contribution in [0.1, 0.15) is 29.2 Å². The monoisotopic (exact) mass is 309 g/mol. The standard InChI is InChI=1S/C20H23NO2/c1-14-8-9-15(2)19(12-14)23-16(3)20(22)21-11-10-17-6-4-5-7-18(17)13-21/h4-9,12,16H,10-11,13H2,1-3H3/t16-/m0/s1. The first-order valence-corrected chi connectivity index (χ1v) is 8.14. The lowest BCUT2D eigenvalue weighted by atomic mass is 9.99. The third-order valence-corrected chi connectivity index (χ3v) is 4.44. The van der Waals surface area contributed by atoms with E-state index < -0.39 is 6.10 Å². The molecule has 0 fully saturated rings. The van der Waals surface area contributed by atoms with Gasteiger partial charge >= 0.3 is 0 Å². The van der Waals surface area contributed by atoms with E-state index in [1.165, 1.54) is 11.1 Å². The van der Waals surface area contributed by atoms with E-state index in [4.69, 9.17) is 4.74 Å². The number of fused-ring (bicyclic) bond motifs is 1. The Hall–Kier alpha value is -2.29. The Kier molecular flexibility index (Phi) is 4.37. The molecule has 23 heavy (non-hydrogen) atoms. The molecule has 1 amide bonds. The van der Waals surface area contributed by atoms with Gasteiger partial charge in [-0.1, -0.05) is 36.4 Å². The molecule has 0 N–H and O–H groups in total. The summed E-state index contributed by atoms with van der Waals surface area (Å²) in [6.45, 7) is 7.31. The summed E-state index contributed by atoms with van der Waals surface area (Å²) in [4.78, 5) is 14.6. The van der Waals surface area contributed by atoms with Crippen molar-refractivity contribution in [3.63, 3.8) is 0 Å². The Labute approximate surface area is 137 Å². The van der Waals surface area contributed by atoms with Crippen molar-refractivity contribution in [2.75, 3.05) is 6.54 Å². The van der Waals surface area contributed by atoms with Crippen molar-refractivity contribution < 1.29 is 9.53 Å². The van der Waals surface area contributed by atoms with Crippen LogP contribution in [0.2, 0.25) is 0 Å². The van der Waals surface area contributed by atoms with E-state index >= 15 is 0 Å². The summed E-state index contributed by atoms with van der Waals surface area (Å²) in [5, 5.41) is 0. The maximum absolute atomic E-state index is 12.7. The van der Waals surface area contributed by atoms with Crippen LogP contribution < -0.4 is 4.74 Å². The van der Waals surface area contributed by atoms with Crippen LogP contribution in [0.15, 0.2) is 42.5 Å². The SMILES string of the molecule is Cc1ccc(C)c(O[C@@H](C)C(=O)N2CCc3ccccc3C2)c1. The van der Waals surface area contributed by atoms with Crippen molar-refractivity contribution >= 4 is 5.91 Å². The Morgan fingerprint density at radius 1 is 1.13 bits per heavy atom. The van der Waals surface area contributed by atoms with Gasteiger partial charge in [0.25, 0.3) is 5.91 Å². The fraction of sp³-hybridized carbons (Fsp3) is 0.350. The van der Waals surface area contributed by atoms with Gasteiger partial charge in [-0.05, 0) is 55.5 Å². The minimum atomic E-state index is -0.472. The molecule has 1 heterocycles. The van der Waals surface area contributed by atoms with Crippen molar-refractivity contribution in [2.45, 2.75) is 39.8 Å². The predicted octanol–water partition coefficient (Wildman–Crippen LogP) is 3.66. The molecular formula is C20H23NO2. The zero-order chi connectivity index (χ0) is 16.4. The first-order valence-electron chi connectivity index (χ1n) is 8.14. The molecule has 1 aliphatic heterocycles. The molecule has 0 saturated heterocycles. The quantitative estimate of drug-likeness (QED) is 0.866. The van der Waals surface area contributed by atoms with Gasteiger partial charge in [0, 0.05) is 13.1 Å². The zero-order valence-electron chi connectivity index (χ0n) is 14.0. The lowest BCUT2D eigenvalue weighted by Crippen LogP contribution is -2.43. The van der Waals surface area contributed by atoms with Crippen LogP contribution in [0, 0.1) is 13.8 Å². The number of carbonyl (C=O) groups excluding carboxylic acids is 1. The van der Waals surface area contributed by atoms with E-state index in [1.54, 1.807) is 0 Å². The second-order valence-electron chi connectivity index (χ2n) is 6.31. The van der Waals surface area contributed by atoms with Crippen LogP contribution in [-0.4, -0.2) is 23.5 Å². The van der Waals surface area contributed by atoms with Gasteiger partial charge in [-0.15, -0.1) is 0 Å². The summed E-state index contributed by atoms with van der Waals surface area (Å²) in [5.74, 6) is 0.851. The van der Waals surface area contributed by atoms with Gasteiger partial charge in [-0.2, -0.15) is 0 Å². The molecule has 0 aliphatic carbocycles. The molecule has 120 valence electrons. The summed E-state index contributed by atoms with van der Waals surface area (Å²) in [7, 11) is 0.